The molecule has 0 bridgehead atoms. The molecule has 0 radical (unpaired) electrons. The summed E-state index contributed by atoms with van der Waals surface area (Å²) in [7, 11) is -2.03. The predicted molar refractivity (Wildman–Crippen MR) is 82.9 cm³/mol. The SMILES string of the molecule is CCNCc1ccc(OC)c(S(=O)(=O)N2CC=CCC2)c1. The first-order valence-corrected chi connectivity index (χ1v) is 8.56. The highest BCUT2D eigenvalue weighted by Crippen LogP contribution is 2.28. The number of nitrogens with zero attached hydrogens (tertiary/aromatic N) is 1. The molecule has 1 aromatic rings. The molecule has 1 N–H and O–H groups in total. The average Bonchev–Trinajstić information content (AvgIpc) is 2.53. The Kier molecular flexibility index (Phi) is 5.39. The van der Waals surface area contributed by atoms with Crippen LogP contribution in [-0.4, -0.2) is 39.5 Å². The molecule has 21 heavy (non-hydrogen) atoms. The summed E-state index contributed by atoms with van der Waals surface area (Å²) in [6.45, 7) is 4.43. The fourth-order valence-corrected chi connectivity index (χ4v) is 3.89. The first-order valence-electron chi connectivity index (χ1n) is 7.12. The van der Waals surface area contributed by atoms with Gasteiger partial charge in [-0.05, 0) is 30.7 Å². The Labute approximate surface area is 126 Å². The Bertz CT molecular complexity index is 611. The number of nitrogens with one attached hydrogen (secondary N) is 1. The van der Waals surface area contributed by atoms with Crippen molar-refractivity contribution >= 4 is 10.0 Å². The number of hydrogen-bond donors (Lipinski definition) is 1. The normalized spacial score (nSPS) is 16.1. The van der Waals surface area contributed by atoms with Gasteiger partial charge in [0.05, 0.1) is 7.11 Å². The molecule has 116 valence electrons. The van der Waals surface area contributed by atoms with E-state index in [1.54, 1.807) is 12.1 Å². The van der Waals surface area contributed by atoms with Crippen molar-refractivity contribution in [3.8, 4) is 5.75 Å². The van der Waals surface area contributed by atoms with Gasteiger partial charge < -0.3 is 10.1 Å². The monoisotopic (exact) mass is 310 g/mol. The summed E-state index contributed by atoms with van der Waals surface area (Å²) >= 11 is 0. The molecule has 0 spiro atoms. The predicted octanol–water partition coefficient (Wildman–Crippen LogP) is 1.76. The Morgan fingerprint density at radius 3 is 2.76 bits per heavy atom. The fraction of sp³-hybridized carbons (Fsp3) is 0.467. The number of benzene rings is 1. The van der Waals surface area contributed by atoms with Crippen LogP contribution in [0.2, 0.25) is 0 Å². The van der Waals surface area contributed by atoms with Crippen LogP contribution in [0, 0.1) is 0 Å². The van der Waals surface area contributed by atoms with Crippen molar-refractivity contribution in [1.29, 1.82) is 0 Å². The molecular formula is C15H22N2O3S. The van der Waals surface area contributed by atoms with Crippen LogP contribution in [0.1, 0.15) is 18.9 Å². The van der Waals surface area contributed by atoms with E-state index >= 15 is 0 Å². The maximum atomic E-state index is 12.8. The molecule has 0 atom stereocenters. The van der Waals surface area contributed by atoms with Crippen LogP contribution < -0.4 is 10.1 Å². The quantitative estimate of drug-likeness (QED) is 0.813. The van der Waals surface area contributed by atoms with E-state index in [0.717, 1.165) is 18.5 Å². The molecule has 2 rings (SSSR count). The van der Waals surface area contributed by atoms with Crippen molar-refractivity contribution in [2.45, 2.75) is 24.8 Å². The molecule has 0 unspecified atom stereocenters. The Morgan fingerprint density at radius 1 is 1.33 bits per heavy atom. The lowest BCUT2D eigenvalue weighted by Gasteiger charge is -2.24. The van der Waals surface area contributed by atoms with Gasteiger partial charge in [-0.3, -0.25) is 0 Å². The van der Waals surface area contributed by atoms with Crippen LogP contribution in [0.4, 0.5) is 0 Å². The highest BCUT2D eigenvalue weighted by atomic mass is 32.2. The lowest BCUT2D eigenvalue weighted by molar-refractivity contribution is 0.394. The topological polar surface area (TPSA) is 58.6 Å². The number of ether oxygens (including phenoxy) is 1. The van der Waals surface area contributed by atoms with Gasteiger partial charge in [-0.2, -0.15) is 4.31 Å². The van der Waals surface area contributed by atoms with Crippen molar-refractivity contribution < 1.29 is 13.2 Å². The maximum absolute atomic E-state index is 12.8. The van der Waals surface area contributed by atoms with Crippen LogP contribution in [0.25, 0.3) is 0 Å². The second-order valence-electron chi connectivity index (χ2n) is 4.89. The summed E-state index contributed by atoms with van der Waals surface area (Å²) in [6, 6.07) is 5.31. The van der Waals surface area contributed by atoms with Crippen LogP contribution >= 0.6 is 0 Å². The van der Waals surface area contributed by atoms with Crippen molar-refractivity contribution in [2.75, 3.05) is 26.7 Å². The van der Waals surface area contributed by atoms with E-state index in [2.05, 4.69) is 5.32 Å². The van der Waals surface area contributed by atoms with Gasteiger partial charge in [0.1, 0.15) is 10.6 Å². The van der Waals surface area contributed by atoms with Gasteiger partial charge in [-0.15, -0.1) is 0 Å². The Hall–Kier alpha value is -1.37. The number of rotatable bonds is 6. The summed E-state index contributed by atoms with van der Waals surface area (Å²) < 4.78 is 32.3. The van der Waals surface area contributed by atoms with E-state index in [-0.39, 0.29) is 4.90 Å². The lowest BCUT2D eigenvalue weighted by Crippen LogP contribution is -2.34. The zero-order chi connectivity index (χ0) is 15.3. The number of sulfonamides is 1. The Morgan fingerprint density at radius 2 is 2.14 bits per heavy atom. The van der Waals surface area contributed by atoms with Gasteiger partial charge in [0, 0.05) is 19.6 Å². The van der Waals surface area contributed by atoms with Crippen LogP contribution in [0.5, 0.6) is 5.75 Å². The zero-order valence-corrected chi connectivity index (χ0v) is 13.3. The van der Waals surface area contributed by atoms with Crippen molar-refractivity contribution in [3.63, 3.8) is 0 Å². The Balaban J connectivity index is 2.37. The summed E-state index contributed by atoms with van der Waals surface area (Å²) in [5.41, 5.74) is 0.934. The third kappa shape index (κ3) is 3.64. The lowest BCUT2D eigenvalue weighted by atomic mass is 10.2. The summed E-state index contributed by atoms with van der Waals surface area (Å²) in [6.07, 6.45) is 4.64. The van der Waals surface area contributed by atoms with Gasteiger partial charge in [-0.1, -0.05) is 25.1 Å². The van der Waals surface area contributed by atoms with Gasteiger partial charge in [0.25, 0.3) is 0 Å². The first kappa shape index (κ1) is 16.0. The molecule has 1 aliphatic rings. The van der Waals surface area contributed by atoms with E-state index in [0.29, 0.717) is 25.4 Å². The highest BCUT2D eigenvalue weighted by molar-refractivity contribution is 7.89. The van der Waals surface area contributed by atoms with E-state index in [1.807, 2.05) is 25.1 Å². The van der Waals surface area contributed by atoms with Crippen molar-refractivity contribution in [3.05, 3.63) is 35.9 Å². The molecule has 0 fully saturated rings. The van der Waals surface area contributed by atoms with Crippen LogP contribution in [-0.2, 0) is 16.6 Å². The summed E-state index contributed by atoms with van der Waals surface area (Å²) in [4.78, 5) is 0.246. The molecule has 6 heteroatoms. The first-order chi connectivity index (χ1) is 10.1. The second kappa shape index (κ2) is 7.06. The minimum Gasteiger partial charge on any atom is -0.495 e. The van der Waals surface area contributed by atoms with Gasteiger partial charge in [0.2, 0.25) is 10.0 Å². The van der Waals surface area contributed by atoms with E-state index in [9.17, 15) is 8.42 Å². The number of hydrogen-bond acceptors (Lipinski definition) is 4. The third-order valence-corrected chi connectivity index (χ3v) is 5.33. The van der Waals surface area contributed by atoms with Gasteiger partial charge in [-0.25, -0.2) is 8.42 Å². The molecule has 1 aromatic carbocycles. The minimum absolute atomic E-state index is 0.246. The van der Waals surface area contributed by atoms with E-state index in [1.165, 1.54) is 11.4 Å². The third-order valence-electron chi connectivity index (χ3n) is 3.45. The molecule has 1 heterocycles. The van der Waals surface area contributed by atoms with Crippen molar-refractivity contribution in [2.24, 2.45) is 0 Å². The van der Waals surface area contributed by atoms with Gasteiger partial charge in [0.15, 0.2) is 0 Å². The fourth-order valence-electron chi connectivity index (χ4n) is 2.28. The van der Waals surface area contributed by atoms with Crippen LogP contribution in [0.3, 0.4) is 0 Å². The second-order valence-corrected chi connectivity index (χ2v) is 6.80. The highest BCUT2D eigenvalue weighted by Gasteiger charge is 2.27. The average molecular weight is 310 g/mol. The van der Waals surface area contributed by atoms with Gasteiger partial charge >= 0.3 is 0 Å². The zero-order valence-electron chi connectivity index (χ0n) is 12.5. The van der Waals surface area contributed by atoms with Crippen molar-refractivity contribution in [1.82, 2.24) is 9.62 Å². The molecule has 5 nitrogen and oxygen atoms in total. The standard InChI is InChI=1S/C15H22N2O3S/c1-3-16-12-13-7-8-14(20-2)15(11-13)21(18,19)17-9-5-4-6-10-17/h4-5,7-8,11,16H,3,6,9-10,12H2,1-2H3. The molecule has 0 aromatic heterocycles. The van der Waals surface area contributed by atoms with E-state index in [4.69, 9.17) is 4.74 Å². The summed E-state index contributed by atoms with van der Waals surface area (Å²) in [5.74, 6) is 0.393. The molecule has 0 saturated heterocycles. The molecule has 0 saturated carbocycles. The molecule has 1 aliphatic heterocycles. The molecular weight excluding hydrogens is 288 g/mol. The molecule has 0 amide bonds. The van der Waals surface area contributed by atoms with Crippen LogP contribution in [0.15, 0.2) is 35.2 Å². The number of methoxy groups -OCH3 is 1. The van der Waals surface area contributed by atoms with E-state index < -0.39 is 10.0 Å². The smallest absolute Gasteiger partial charge is 0.247 e. The maximum Gasteiger partial charge on any atom is 0.247 e. The minimum atomic E-state index is -3.52. The summed E-state index contributed by atoms with van der Waals surface area (Å²) in [5, 5.41) is 3.20. The largest absolute Gasteiger partial charge is 0.495 e. The molecule has 0 aliphatic carbocycles.